The van der Waals surface area contributed by atoms with E-state index in [1.54, 1.807) is 23.6 Å². The lowest BCUT2D eigenvalue weighted by Crippen LogP contribution is -2.02. The Bertz CT molecular complexity index is 745. The van der Waals surface area contributed by atoms with E-state index in [9.17, 15) is 0 Å². The van der Waals surface area contributed by atoms with Crippen LogP contribution in [-0.4, -0.2) is 27.3 Å². The first kappa shape index (κ1) is 14.6. The molecule has 0 unspecified atom stereocenters. The molecule has 2 aromatic carbocycles. The second-order valence-electron chi connectivity index (χ2n) is 4.72. The van der Waals surface area contributed by atoms with Gasteiger partial charge >= 0.3 is 0 Å². The monoisotopic (exact) mass is 312 g/mol. The third-order valence-corrected chi connectivity index (χ3v) is 4.40. The van der Waals surface area contributed by atoms with Crippen molar-refractivity contribution in [2.24, 2.45) is 0 Å². The number of hydrogen-bond donors (Lipinski definition) is 0. The highest BCUT2D eigenvalue weighted by Gasteiger charge is 2.16. The topological polar surface area (TPSA) is 52.8 Å². The van der Waals surface area contributed by atoms with Crippen LogP contribution in [-0.2, 0) is 0 Å². The molecule has 0 saturated heterocycles. The van der Waals surface area contributed by atoms with Gasteiger partial charge in [-0.3, -0.25) is 0 Å². The van der Waals surface area contributed by atoms with E-state index in [4.69, 9.17) is 4.74 Å². The Hall–Kier alpha value is -2.34. The fraction of sp³-hybridized carbons (Fsp3) is 0.188. The lowest BCUT2D eigenvalue weighted by Gasteiger charge is -2.12. The Morgan fingerprint density at radius 2 is 1.77 bits per heavy atom. The maximum atomic E-state index is 5.39. The fourth-order valence-corrected chi connectivity index (χ4v) is 3.09. The van der Waals surface area contributed by atoms with Crippen molar-refractivity contribution in [3.63, 3.8) is 0 Å². The van der Waals surface area contributed by atoms with Crippen LogP contribution in [0.3, 0.4) is 0 Å². The standard InChI is InChI=1S/C16H16N4OS/c1-12(13-8-4-3-5-9-13)22-16-17-18-19-20(16)14-10-6-7-11-15(14)21-2/h3-12H,1-2H3/t12-/m1/s1. The summed E-state index contributed by atoms with van der Waals surface area (Å²) in [6.45, 7) is 2.14. The highest BCUT2D eigenvalue weighted by Crippen LogP contribution is 2.35. The predicted molar refractivity (Wildman–Crippen MR) is 86.4 cm³/mol. The number of rotatable bonds is 5. The Labute approximate surface area is 133 Å². The molecule has 22 heavy (non-hydrogen) atoms. The summed E-state index contributed by atoms with van der Waals surface area (Å²) in [5.41, 5.74) is 2.07. The van der Waals surface area contributed by atoms with Gasteiger partial charge in [-0.1, -0.05) is 54.2 Å². The van der Waals surface area contributed by atoms with Crippen LogP contribution in [0.4, 0.5) is 0 Å². The molecule has 6 heteroatoms. The Balaban J connectivity index is 1.90. The minimum atomic E-state index is 0.251. The van der Waals surface area contributed by atoms with Crippen LogP contribution in [0, 0.1) is 0 Å². The third-order valence-electron chi connectivity index (χ3n) is 3.31. The molecule has 0 saturated carbocycles. The Kier molecular flexibility index (Phi) is 4.39. The second kappa shape index (κ2) is 6.62. The van der Waals surface area contributed by atoms with Crippen molar-refractivity contribution in [3.8, 4) is 11.4 Å². The van der Waals surface area contributed by atoms with Crippen LogP contribution < -0.4 is 4.74 Å². The highest BCUT2D eigenvalue weighted by molar-refractivity contribution is 7.99. The molecule has 5 nitrogen and oxygen atoms in total. The number of aromatic nitrogens is 4. The van der Waals surface area contributed by atoms with Crippen LogP contribution in [0.5, 0.6) is 5.75 Å². The van der Waals surface area contributed by atoms with E-state index in [2.05, 4.69) is 34.6 Å². The van der Waals surface area contributed by atoms with Crippen LogP contribution in [0.25, 0.3) is 5.69 Å². The van der Waals surface area contributed by atoms with E-state index in [1.165, 1.54) is 5.56 Å². The summed E-state index contributed by atoms with van der Waals surface area (Å²) in [4.78, 5) is 0. The molecule has 0 aliphatic carbocycles. The maximum Gasteiger partial charge on any atom is 0.214 e. The number of para-hydroxylation sites is 2. The van der Waals surface area contributed by atoms with Gasteiger partial charge in [0, 0.05) is 5.25 Å². The van der Waals surface area contributed by atoms with Gasteiger partial charge in [0.05, 0.1) is 7.11 Å². The molecule has 0 aliphatic rings. The smallest absolute Gasteiger partial charge is 0.214 e. The number of hydrogen-bond acceptors (Lipinski definition) is 5. The van der Waals surface area contributed by atoms with Crippen molar-refractivity contribution in [3.05, 3.63) is 60.2 Å². The second-order valence-corrected chi connectivity index (χ2v) is 6.02. The first-order valence-electron chi connectivity index (χ1n) is 6.93. The molecule has 0 amide bonds. The molecule has 0 radical (unpaired) electrons. The molecule has 0 fully saturated rings. The van der Waals surface area contributed by atoms with Gasteiger partial charge in [-0.2, -0.15) is 4.68 Å². The molecule has 0 aliphatic heterocycles. The number of thioether (sulfide) groups is 1. The minimum absolute atomic E-state index is 0.251. The Morgan fingerprint density at radius 1 is 1.05 bits per heavy atom. The van der Waals surface area contributed by atoms with E-state index >= 15 is 0 Å². The summed E-state index contributed by atoms with van der Waals surface area (Å²) < 4.78 is 7.10. The average Bonchev–Trinajstić information content (AvgIpc) is 3.03. The zero-order chi connectivity index (χ0) is 15.4. The zero-order valence-electron chi connectivity index (χ0n) is 12.4. The van der Waals surface area contributed by atoms with Crippen molar-refractivity contribution in [1.82, 2.24) is 20.2 Å². The molecule has 1 heterocycles. The molecular formula is C16H16N4OS. The van der Waals surface area contributed by atoms with Crippen LogP contribution in [0.15, 0.2) is 59.8 Å². The van der Waals surface area contributed by atoms with Gasteiger partial charge in [-0.25, -0.2) is 0 Å². The average molecular weight is 312 g/mol. The van der Waals surface area contributed by atoms with E-state index in [-0.39, 0.29) is 5.25 Å². The van der Waals surface area contributed by atoms with Crippen LogP contribution in [0.2, 0.25) is 0 Å². The van der Waals surface area contributed by atoms with Gasteiger partial charge in [0.25, 0.3) is 0 Å². The maximum absolute atomic E-state index is 5.39. The molecule has 0 spiro atoms. The van der Waals surface area contributed by atoms with E-state index in [0.717, 1.165) is 16.6 Å². The molecule has 3 rings (SSSR count). The van der Waals surface area contributed by atoms with Gasteiger partial charge in [0.1, 0.15) is 11.4 Å². The van der Waals surface area contributed by atoms with Crippen molar-refractivity contribution in [2.45, 2.75) is 17.3 Å². The molecule has 112 valence electrons. The first-order chi connectivity index (χ1) is 10.8. The molecule has 0 N–H and O–H groups in total. The van der Waals surface area contributed by atoms with E-state index < -0.39 is 0 Å². The fourth-order valence-electron chi connectivity index (χ4n) is 2.16. The van der Waals surface area contributed by atoms with Crippen molar-refractivity contribution < 1.29 is 4.74 Å². The van der Waals surface area contributed by atoms with E-state index in [1.807, 2.05) is 42.5 Å². The number of nitrogens with zero attached hydrogens (tertiary/aromatic N) is 4. The Morgan fingerprint density at radius 3 is 2.55 bits per heavy atom. The first-order valence-corrected chi connectivity index (χ1v) is 7.81. The number of tetrazole rings is 1. The third kappa shape index (κ3) is 2.96. The predicted octanol–water partition coefficient (Wildman–Crippen LogP) is 3.52. The summed E-state index contributed by atoms with van der Waals surface area (Å²) in [5.74, 6) is 0.740. The number of ether oxygens (including phenoxy) is 1. The normalized spacial score (nSPS) is 12.1. The van der Waals surface area contributed by atoms with Crippen molar-refractivity contribution in [2.75, 3.05) is 7.11 Å². The van der Waals surface area contributed by atoms with Crippen LogP contribution in [0.1, 0.15) is 17.7 Å². The van der Waals surface area contributed by atoms with Crippen molar-refractivity contribution in [1.29, 1.82) is 0 Å². The quantitative estimate of drug-likeness (QED) is 0.675. The lowest BCUT2D eigenvalue weighted by molar-refractivity contribution is 0.410. The summed E-state index contributed by atoms with van der Waals surface area (Å²) in [7, 11) is 1.64. The lowest BCUT2D eigenvalue weighted by atomic mass is 10.2. The molecule has 0 bridgehead atoms. The SMILES string of the molecule is COc1ccccc1-n1nnnc1S[C@H](C)c1ccccc1. The molecule has 1 aromatic heterocycles. The number of benzene rings is 2. The van der Waals surface area contributed by atoms with E-state index in [0.29, 0.717) is 0 Å². The summed E-state index contributed by atoms with van der Waals surface area (Å²) in [6, 6.07) is 18.0. The summed E-state index contributed by atoms with van der Waals surface area (Å²) in [5, 5.41) is 13.0. The van der Waals surface area contributed by atoms with Crippen LogP contribution >= 0.6 is 11.8 Å². The number of methoxy groups -OCH3 is 1. The van der Waals surface area contributed by atoms with Gasteiger partial charge < -0.3 is 4.74 Å². The summed E-state index contributed by atoms with van der Waals surface area (Å²) in [6.07, 6.45) is 0. The molecular weight excluding hydrogens is 296 g/mol. The van der Waals surface area contributed by atoms with Gasteiger partial charge in [-0.15, -0.1) is 5.10 Å². The van der Waals surface area contributed by atoms with Gasteiger partial charge in [0.2, 0.25) is 5.16 Å². The van der Waals surface area contributed by atoms with Crippen molar-refractivity contribution >= 4 is 11.8 Å². The molecule has 1 atom stereocenters. The van der Waals surface area contributed by atoms with Gasteiger partial charge in [-0.05, 0) is 35.0 Å². The summed E-state index contributed by atoms with van der Waals surface area (Å²) >= 11 is 1.62. The minimum Gasteiger partial charge on any atom is -0.494 e. The van der Waals surface area contributed by atoms with Gasteiger partial charge in [0.15, 0.2) is 0 Å². The molecule has 3 aromatic rings. The largest absolute Gasteiger partial charge is 0.494 e. The zero-order valence-corrected chi connectivity index (χ0v) is 13.2. The highest BCUT2D eigenvalue weighted by atomic mass is 32.2.